The van der Waals surface area contributed by atoms with Gasteiger partial charge in [-0.25, -0.2) is 0 Å². The third-order valence-electron chi connectivity index (χ3n) is 6.75. The monoisotopic (exact) mass is 403 g/mol. The van der Waals surface area contributed by atoms with Gasteiger partial charge >= 0.3 is 0 Å². The van der Waals surface area contributed by atoms with E-state index in [1.54, 1.807) is 0 Å². The Morgan fingerprint density at radius 3 is 2.37 bits per heavy atom. The van der Waals surface area contributed by atoms with Crippen LogP contribution in [0, 0.1) is 0 Å². The first kappa shape index (κ1) is 19.3. The van der Waals surface area contributed by atoms with Gasteiger partial charge in [-0.3, -0.25) is 14.5 Å². The molecule has 0 aliphatic carbocycles. The van der Waals surface area contributed by atoms with Crippen molar-refractivity contribution in [1.29, 1.82) is 0 Å². The maximum absolute atomic E-state index is 13.0. The standard InChI is InChI=1S/C25H29N3O2/c29-23(10-12-26-13-15-27(16-14-26)22-6-2-1-3-7-22)21-17-19-5-4-11-28-24(30)9-8-20(18-21)25(19)28/h1-3,6-7,17-18H,4-5,8-16H2. The van der Waals surface area contributed by atoms with Crippen molar-refractivity contribution in [2.75, 3.05) is 49.1 Å². The number of hydrogen-bond acceptors (Lipinski definition) is 4. The molecule has 0 atom stereocenters. The molecule has 5 nitrogen and oxygen atoms in total. The van der Waals surface area contributed by atoms with E-state index in [0.29, 0.717) is 12.8 Å². The highest BCUT2D eigenvalue weighted by molar-refractivity contribution is 6.01. The van der Waals surface area contributed by atoms with Crippen molar-refractivity contribution in [3.63, 3.8) is 0 Å². The SMILES string of the molecule is O=C(CCN1CCN(c2ccccc2)CC1)c1cc2c3c(c1)CCC(=O)N3CCC2. The normalized spacial score (nSPS) is 19.0. The van der Waals surface area contributed by atoms with Crippen molar-refractivity contribution >= 4 is 23.1 Å². The highest BCUT2D eigenvalue weighted by Crippen LogP contribution is 2.36. The molecule has 0 bridgehead atoms. The van der Waals surface area contributed by atoms with Crippen molar-refractivity contribution in [2.45, 2.75) is 32.1 Å². The molecule has 0 N–H and O–H groups in total. The van der Waals surface area contributed by atoms with Crippen LogP contribution in [0.25, 0.3) is 0 Å². The van der Waals surface area contributed by atoms with Gasteiger partial charge in [0.15, 0.2) is 5.78 Å². The van der Waals surface area contributed by atoms with Crippen molar-refractivity contribution in [1.82, 2.24) is 4.90 Å². The lowest BCUT2D eigenvalue weighted by atomic mass is 9.88. The lowest BCUT2D eigenvalue weighted by molar-refractivity contribution is -0.119. The Bertz CT molecular complexity index is 931. The first-order chi connectivity index (χ1) is 14.7. The van der Waals surface area contributed by atoms with Gasteiger partial charge in [0, 0.05) is 63.4 Å². The van der Waals surface area contributed by atoms with Gasteiger partial charge in [-0.15, -0.1) is 0 Å². The van der Waals surface area contributed by atoms with Crippen molar-refractivity contribution in [3.05, 3.63) is 59.2 Å². The molecule has 5 heteroatoms. The number of nitrogens with zero attached hydrogens (tertiary/aromatic N) is 3. The van der Waals surface area contributed by atoms with Crippen LogP contribution in [0.3, 0.4) is 0 Å². The summed E-state index contributed by atoms with van der Waals surface area (Å²) >= 11 is 0. The van der Waals surface area contributed by atoms with Gasteiger partial charge < -0.3 is 9.80 Å². The Morgan fingerprint density at radius 1 is 0.867 bits per heavy atom. The average molecular weight is 404 g/mol. The van der Waals surface area contributed by atoms with E-state index < -0.39 is 0 Å². The third-order valence-corrected chi connectivity index (χ3v) is 6.75. The summed E-state index contributed by atoms with van der Waals surface area (Å²) in [5.41, 5.74) is 5.59. The number of para-hydroxylation sites is 1. The maximum Gasteiger partial charge on any atom is 0.227 e. The molecule has 1 fully saturated rings. The first-order valence-electron chi connectivity index (χ1n) is 11.2. The Labute approximate surface area is 178 Å². The minimum absolute atomic E-state index is 0.230. The van der Waals surface area contributed by atoms with E-state index in [1.165, 1.54) is 16.8 Å². The number of rotatable bonds is 5. The minimum atomic E-state index is 0.230. The van der Waals surface area contributed by atoms with E-state index >= 15 is 0 Å². The van der Waals surface area contributed by atoms with E-state index in [1.807, 2.05) is 4.90 Å². The van der Waals surface area contributed by atoms with Crippen LogP contribution in [0.5, 0.6) is 0 Å². The molecular formula is C25H29N3O2. The Kier molecular flexibility index (Phi) is 5.30. The van der Waals surface area contributed by atoms with Gasteiger partial charge in [-0.05, 0) is 54.7 Å². The lowest BCUT2D eigenvalue weighted by Crippen LogP contribution is -2.46. The van der Waals surface area contributed by atoms with E-state index in [4.69, 9.17) is 0 Å². The van der Waals surface area contributed by atoms with E-state index in [-0.39, 0.29) is 11.7 Å². The molecule has 3 aliphatic rings. The van der Waals surface area contributed by atoms with Crippen LogP contribution in [0.15, 0.2) is 42.5 Å². The second-order valence-corrected chi connectivity index (χ2v) is 8.63. The smallest absolute Gasteiger partial charge is 0.227 e. The predicted molar refractivity (Wildman–Crippen MR) is 119 cm³/mol. The molecule has 2 aromatic rings. The summed E-state index contributed by atoms with van der Waals surface area (Å²) in [6.07, 6.45) is 3.85. The van der Waals surface area contributed by atoms with Crippen LogP contribution in [0.2, 0.25) is 0 Å². The summed E-state index contributed by atoms with van der Waals surface area (Å²) in [6, 6.07) is 14.7. The Hall–Kier alpha value is -2.66. The number of amides is 1. The van der Waals surface area contributed by atoms with Gasteiger partial charge in [0.05, 0.1) is 5.69 Å². The second-order valence-electron chi connectivity index (χ2n) is 8.63. The van der Waals surface area contributed by atoms with Gasteiger partial charge in [0.25, 0.3) is 0 Å². The van der Waals surface area contributed by atoms with Crippen molar-refractivity contribution in [2.24, 2.45) is 0 Å². The fourth-order valence-electron chi connectivity index (χ4n) is 5.09. The number of hydrogen-bond donors (Lipinski definition) is 0. The van der Waals surface area contributed by atoms with Gasteiger partial charge in [0.1, 0.15) is 0 Å². The lowest BCUT2D eigenvalue weighted by Gasteiger charge is -2.36. The zero-order valence-corrected chi connectivity index (χ0v) is 17.5. The largest absolute Gasteiger partial charge is 0.369 e. The molecule has 5 rings (SSSR count). The van der Waals surface area contributed by atoms with Gasteiger partial charge in [-0.1, -0.05) is 18.2 Å². The molecule has 30 heavy (non-hydrogen) atoms. The maximum atomic E-state index is 13.0. The van der Waals surface area contributed by atoms with E-state index in [0.717, 1.165) is 69.8 Å². The number of benzene rings is 2. The number of carbonyl (C=O) groups is 2. The molecule has 0 saturated carbocycles. The summed E-state index contributed by atoms with van der Waals surface area (Å²) in [5, 5.41) is 0. The van der Waals surface area contributed by atoms with Crippen molar-refractivity contribution < 1.29 is 9.59 Å². The van der Waals surface area contributed by atoms with E-state index in [9.17, 15) is 9.59 Å². The number of Topliss-reactive ketones (excluding diaryl/α,β-unsaturated/α-hetero) is 1. The molecule has 1 amide bonds. The fourth-order valence-corrected chi connectivity index (χ4v) is 5.09. The zero-order chi connectivity index (χ0) is 20.5. The molecule has 0 spiro atoms. The van der Waals surface area contributed by atoms with Crippen LogP contribution in [-0.4, -0.2) is 55.9 Å². The summed E-state index contributed by atoms with van der Waals surface area (Å²) in [6.45, 7) is 5.64. The number of piperazine rings is 1. The summed E-state index contributed by atoms with van der Waals surface area (Å²) in [7, 11) is 0. The van der Waals surface area contributed by atoms with Gasteiger partial charge in [0.2, 0.25) is 5.91 Å². The quantitative estimate of drug-likeness (QED) is 0.719. The number of carbonyl (C=O) groups excluding carboxylic acids is 2. The van der Waals surface area contributed by atoms with E-state index in [2.05, 4.69) is 52.3 Å². The van der Waals surface area contributed by atoms with Crippen molar-refractivity contribution in [3.8, 4) is 0 Å². The molecule has 0 aromatic heterocycles. The minimum Gasteiger partial charge on any atom is -0.369 e. The summed E-state index contributed by atoms with van der Waals surface area (Å²) in [5.74, 6) is 0.464. The van der Waals surface area contributed by atoms with Crippen LogP contribution in [0.4, 0.5) is 11.4 Å². The van der Waals surface area contributed by atoms with Crippen LogP contribution in [-0.2, 0) is 17.6 Å². The Morgan fingerprint density at radius 2 is 1.60 bits per heavy atom. The molecule has 0 radical (unpaired) electrons. The molecule has 3 heterocycles. The topological polar surface area (TPSA) is 43.9 Å². The number of ketones is 1. The molecule has 0 unspecified atom stereocenters. The number of anilines is 2. The molecule has 3 aliphatic heterocycles. The Balaban J connectivity index is 1.20. The summed E-state index contributed by atoms with van der Waals surface area (Å²) < 4.78 is 0. The molecular weight excluding hydrogens is 374 g/mol. The summed E-state index contributed by atoms with van der Waals surface area (Å²) in [4.78, 5) is 32.0. The fraction of sp³-hybridized carbons (Fsp3) is 0.440. The third kappa shape index (κ3) is 3.74. The highest BCUT2D eigenvalue weighted by Gasteiger charge is 2.30. The predicted octanol–water partition coefficient (Wildman–Crippen LogP) is 3.31. The number of aryl methyl sites for hydroxylation is 2. The molecule has 156 valence electrons. The second kappa shape index (κ2) is 8.23. The first-order valence-corrected chi connectivity index (χ1v) is 11.2. The zero-order valence-electron chi connectivity index (χ0n) is 17.5. The highest BCUT2D eigenvalue weighted by atomic mass is 16.2. The molecule has 2 aromatic carbocycles. The molecule has 1 saturated heterocycles. The average Bonchev–Trinajstić information content (AvgIpc) is 2.80. The van der Waals surface area contributed by atoms with Crippen LogP contribution < -0.4 is 9.80 Å². The van der Waals surface area contributed by atoms with Crippen LogP contribution >= 0.6 is 0 Å². The van der Waals surface area contributed by atoms with Crippen LogP contribution in [0.1, 0.15) is 40.7 Å². The van der Waals surface area contributed by atoms with Gasteiger partial charge in [-0.2, -0.15) is 0 Å².